The Labute approximate surface area is 136 Å². The number of carbonyl (C=O) groups excluding carboxylic acids is 2. The molecule has 24 heavy (non-hydrogen) atoms. The first kappa shape index (κ1) is 14.3. The van der Waals surface area contributed by atoms with E-state index in [1.54, 1.807) is 18.2 Å². The number of fused-ring (bicyclic) bond motifs is 2. The molecule has 2 N–H and O–H groups in total. The highest BCUT2D eigenvalue weighted by Gasteiger charge is 2.30. The lowest BCUT2D eigenvalue weighted by molar-refractivity contribution is 0.0999. The van der Waals surface area contributed by atoms with Crippen LogP contribution in [0.4, 0.5) is 0 Å². The van der Waals surface area contributed by atoms with Crippen molar-refractivity contribution in [3.63, 3.8) is 0 Å². The average molecular weight is 324 g/mol. The first-order chi connectivity index (χ1) is 11.5. The number of ether oxygens (including phenoxy) is 2. The average Bonchev–Trinajstić information content (AvgIpc) is 2.57. The molecule has 2 aromatic rings. The molecule has 0 unspecified atom stereocenters. The summed E-state index contributed by atoms with van der Waals surface area (Å²) < 4.78 is 10.9. The van der Waals surface area contributed by atoms with Crippen LogP contribution in [0.25, 0.3) is 5.57 Å². The number of Topliss-reactive ketones (excluding diaryl/α,β-unsaturated/α-hetero) is 1. The van der Waals surface area contributed by atoms with Crippen LogP contribution in [0, 0.1) is 0 Å². The summed E-state index contributed by atoms with van der Waals surface area (Å²) in [6.07, 6.45) is 1.20. The summed E-state index contributed by atoms with van der Waals surface area (Å²) in [5, 5.41) is 19.5. The van der Waals surface area contributed by atoms with E-state index in [4.69, 9.17) is 9.47 Å². The molecule has 6 heteroatoms. The van der Waals surface area contributed by atoms with Crippen LogP contribution >= 0.6 is 0 Å². The van der Waals surface area contributed by atoms with E-state index in [1.165, 1.54) is 12.1 Å². The van der Waals surface area contributed by atoms with Gasteiger partial charge in [-0.2, -0.15) is 0 Å². The molecule has 0 bridgehead atoms. The number of phenolic OH excluding ortho intramolecular Hbond substituents is 2. The molecule has 0 fully saturated rings. The van der Waals surface area contributed by atoms with Gasteiger partial charge in [0.15, 0.2) is 23.1 Å². The Morgan fingerprint density at radius 1 is 0.917 bits per heavy atom. The van der Waals surface area contributed by atoms with E-state index in [2.05, 4.69) is 0 Å². The monoisotopic (exact) mass is 324 g/mol. The Hall–Kier alpha value is -3.28. The second-order valence-electron chi connectivity index (χ2n) is 5.50. The molecule has 6 nitrogen and oxygen atoms in total. The molecule has 1 heterocycles. The minimum absolute atomic E-state index is 0.0150. The highest BCUT2D eigenvalue weighted by atomic mass is 16.6. The highest BCUT2D eigenvalue weighted by molar-refractivity contribution is 6.39. The molecule has 0 saturated heterocycles. The summed E-state index contributed by atoms with van der Waals surface area (Å²) in [6, 6.07) is 7.18. The Balaban J connectivity index is 1.83. The lowest BCUT2D eigenvalue weighted by atomic mass is 9.85. The van der Waals surface area contributed by atoms with Crippen molar-refractivity contribution in [1.82, 2.24) is 0 Å². The zero-order chi connectivity index (χ0) is 16.8. The molecule has 0 atom stereocenters. The van der Waals surface area contributed by atoms with Crippen LogP contribution in [0.15, 0.2) is 36.4 Å². The van der Waals surface area contributed by atoms with Gasteiger partial charge in [0, 0.05) is 17.2 Å². The van der Waals surface area contributed by atoms with Crippen molar-refractivity contribution in [3.05, 3.63) is 53.1 Å². The standard InChI is InChI=1S/C18H12O6/c19-10-6-12-13(20)8-11(18(22)17(12)14(21)7-10)9-1-2-15-16(5-9)24-4-3-23-15/h1-2,5-8,19,21H,3-4H2. The predicted molar refractivity (Wildman–Crippen MR) is 83.8 cm³/mol. The third-order valence-electron chi connectivity index (χ3n) is 3.97. The van der Waals surface area contributed by atoms with Gasteiger partial charge in [-0.1, -0.05) is 6.07 Å². The van der Waals surface area contributed by atoms with Crippen LogP contribution in [0.1, 0.15) is 26.3 Å². The highest BCUT2D eigenvalue weighted by Crippen LogP contribution is 2.38. The molecule has 0 aromatic heterocycles. The maximum atomic E-state index is 12.7. The third kappa shape index (κ3) is 2.11. The number of carbonyl (C=O) groups is 2. The maximum absolute atomic E-state index is 12.7. The summed E-state index contributed by atoms with van der Waals surface area (Å²) in [7, 11) is 0. The maximum Gasteiger partial charge on any atom is 0.198 e. The fourth-order valence-electron chi connectivity index (χ4n) is 2.88. The molecule has 2 aromatic carbocycles. The molecule has 0 amide bonds. The van der Waals surface area contributed by atoms with Crippen molar-refractivity contribution < 1.29 is 29.3 Å². The summed E-state index contributed by atoms with van der Waals surface area (Å²) in [4.78, 5) is 25.0. The SMILES string of the molecule is O=C1C=C(c2ccc3c(c2)OCCO3)C(=O)c2c(O)cc(O)cc21. The number of hydrogen-bond acceptors (Lipinski definition) is 6. The molecule has 120 valence electrons. The molecule has 0 saturated carbocycles. The Kier molecular flexibility index (Phi) is 3.06. The second-order valence-corrected chi connectivity index (χ2v) is 5.50. The summed E-state index contributed by atoms with van der Waals surface area (Å²) in [5.74, 6) is -0.566. The lowest BCUT2D eigenvalue weighted by Gasteiger charge is -2.21. The molecule has 2 aliphatic rings. The van der Waals surface area contributed by atoms with Crippen molar-refractivity contribution in [3.8, 4) is 23.0 Å². The largest absolute Gasteiger partial charge is 0.508 e. The zero-order valence-electron chi connectivity index (χ0n) is 12.4. The van der Waals surface area contributed by atoms with E-state index < -0.39 is 17.3 Å². The summed E-state index contributed by atoms with van der Waals surface area (Å²) >= 11 is 0. The molecular weight excluding hydrogens is 312 g/mol. The number of aromatic hydroxyl groups is 2. The molecule has 1 aliphatic heterocycles. The van der Waals surface area contributed by atoms with Crippen LogP contribution in [0.2, 0.25) is 0 Å². The zero-order valence-corrected chi connectivity index (χ0v) is 12.4. The van der Waals surface area contributed by atoms with E-state index in [0.29, 0.717) is 30.3 Å². The van der Waals surface area contributed by atoms with Gasteiger partial charge in [-0.05, 0) is 29.8 Å². The Morgan fingerprint density at radius 3 is 2.46 bits per heavy atom. The Morgan fingerprint density at radius 2 is 1.67 bits per heavy atom. The minimum Gasteiger partial charge on any atom is -0.508 e. The normalized spacial score (nSPS) is 15.8. The van der Waals surface area contributed by atoms with Crippen LogP contribution in [-0.2, 0) is 0 Å². The van der Waals surface area contributed by atoms with E-state index in [1.807, 2.05) is 0 Å². The van der Waals surface area contributed by atoms with Gasteiger partial charge >= 0.3 is 0 Å². The molecular formula is C18H12O6. The van der Waals surface area contributed by atoms with E-state index in [0.717, 1.165) is 6.07 Å². The van der Waals surface area contributed by atoms with Crippen LogP contribution in [0.3, 0.4) is 0 Å². The van der Waals surface area contributed by atoms with Gasteiger partial charge in [-0.25, -0.2) is 0 Å². The van der Waals surface area contributed by atoms with Gasteiger partial charge in [0.2, 0.25) is 0 Å². The molecule has 4 rings (SSSR count). The second kappa shape index (κ2) is 5.13. The van der Waals surface area contributed by atoms with Gasteiger partial charge in [-0.3, -0.25) is 9.59 Å². The van der Waals surface area contributed by atoms with Gasteiger partial charge in [-0.15, -0.1) is 0 Å². The fourth-order valence-corrected chi connectivity index (χ4v) is 2.88. The first-order valence-corrected chi connectivity index (χ1v) is 7.31. The summed E-state index contributed by atoms with van der Waals surface area (Å²) in [6.45, 7) is 0.864. The topological polar surface area (TPSA) is 93.1 Å². The predicted octanol–water partition coefficient (Wildman–Crippen LogP) is 2.33. The lowest BCUT2D eigenvalue weighted by Crippen LogP contribution is -2.18. The molecule has 1 aliphatic carbocycles. The molecule has 0 radical (unpaired) electrons. The number of allylic oxidation sites excluding steroid dienone is 2. The Bertz CT molecular complexity index is 925. The van der Waals surface area contributed by atoms with E-state index >= 15 is 0 Å². The quantitative estimate of drug-likeness (QED) is 0.836. The van der Waals surface area contributed by atoms with Crippen molar-refractivity contribution in [2.45, 2.75) is 0 Å². The van der Waals surface area contributed by atoms with Crippen molar-refractivity contribution in [1.29, 1.82) is 0 Å². The van der Waals surface area contributed by atoms with Gasteiger partial charge in [0.25, 0.3) is 0 Å². The van der Waals surface area contributed by atoms with Crippen LogP contribution < -0.4 is 9.47 Å². The van der Waals surface area contributed by atoms with Crippen LogP contribution in [0.5, 0.6) is 23.0 Å². The van der Waals surface area contributed by atoms with E-state index in [-0.39, 0.29) is 22.4 Å². The third-order valence-corrected chi connectivity index (χ3v) is 3.97. The van der Waals surface area contributed by atoms with Gasteiger partial charge in [0.1, 0.15) is 24.7 Å². The van der Waals surface area contributed by atoms with Gasteiger partial charge < -0.3 is 19.7 Å². The minimum atomic E-state index is -0.487. The fraction of sp³-hybridized carbons (Fsp3) is 0.111. The summed E-state index contributed by atoms with van der Waals surface area (Å²) in [5.41, 5.74) is 0.533. The van der Waals surface area contributed by atoms with Crippen LogP contribution in [-0.4, -0.2) is 35.0 Å². The number of ketones is 2. The molecule has 0 spiro atoms. The van der Waals surface area contributed by atoms with Crippen molar-refractivity contribution in [2.75, 3.05) is 13.2 Å². The van der Waals surface area contributed by atoms with Gasteiger partial charge in [0.05, 0.1) is 5.56 Å². The van der Waals surface area contributed by atoms with Crippen molar-refractivity contribution >= 4 is 17.1 Å². The number of benzene rings is 2. The van der Waals surface area contributed by atoms with Crippen molar-refractivity contribution in [2.24, 2.45) is 0 Å². The smallest absolute Gasteiger partial charge is 0.198 e. The number of hydrogen-bond donors (Lipinski definition) is 2. The number of phenols is 2. The van der Waals surface area contributed by atoms with E-state index in [9.17, 15) is 19.8 Å². The number of rotatable bonds is 1. The first-order valence-electron chi connectivity index (χ1n) is 7.31.